The van der Waals surface area contributed by atoms with Crippen molar-refractivity contribution in [1.29, 1.82) is 0 Å². The molecule has 1 aromatic rings. The summed E-state index contributed by atoms with van der Waals surface area (Å²) in [5.41, 5.74) is 0.331. The van der Waals surface area contributed by atoms with Gasteiger partial charge in [-0.15, -0.1) is 0 Å². The summed E-state index contributed by atoms with van der Waals surface area (Å²) in [7, 11) is -3.61. The molecule has 0 radical (unpaired) electrons. The van der Waals surface area contributed by atoms with Crippen LogP contribution in [0.2, 0.25) is 0 Å². The second kappa shape index (κ2) is 10.2. The molecular weight excluding hydrogens is 392 g/mol. The van der Waals surface area contributed by atoms with Crippen molar-refractivity contribution >= 4 is 31.9 Å². The molecule has 1 amide bonds. The number of carbonyl (C=O) groups excluding carboxylic acids is 1. The van der Waals surface area contributed by atoms with Gasteiger partial charge in [0.1, 0.15) is 0 Å². The van der Waals surface area contributed by atoms with Crippen LogP contribution in [0.15, 0.2) is 27.6 Å². The number of halogens is 1. The van der Waals surface area contributed by atoms with E-state index in [1.807, 2.05) is 13.8 Å². The monoisotopic (exact) mass is 418 g/mol. The van der Waals surface area contributed by atoms with E-state index in [9.17, 15) is 13.2 Å². The lowest BCUT2D eigenvalue weighted by Crippen LogP contribution is -2.28. The van der Waals surface area contributed by atoms with E-state index in [1.54, 1.807) is 6.07 Å². The maximum atomic E-state index is 12.3. The third-order valence-corrected chi connectivity index (χ3v) is 5.60. The van der Waals surface area contributed by atoms with Crippen molar-refractivity contribution < 1.29 is 13.2 Å². The maximum Gasteiger partial charge on any atom is 0.252 e. The van der Waals surface area contributed by atoms with Crippen molar-refractivity contribution in [2.24, 2.45) is 5.92 Å². The number of benzene rings is 1. The number of rotatable bonds is 10. The molecule has 0 aliphatic heterocycles. The number of carbonyl (C=O) groups is 1. The summed E-state index contributed by atoms with van der Waals surface area (Å²) in [6.45, 7) is 6.95. The van der Waals surface area contributed by atoms with Crippen LogP contribution in [0, 0.1) is 5.92 Å². The van der Waals surface area contributed by atoms with Crippen molar-refractivity contribution in [3.05, 3.63) is 28.2 Å². The lowest BCUT2D eigenvalue weighted by Gasteiger charge is -2.11. The van der Waals surface area contributed by atoms with Gasteiger partial charge in [0.2, 0.25) is 10.0 Å². The maximum absolute atomic E-state index is 12.3. The number of unbranched alkanes of at least 4 members (excludes halogenated alkanes) is 3. The summed E-state index contributed by atoms with van der Waals surface area (Å²) in [5.74, 6) is -0.0552. The van der Waals surface area contributed by atoms with Crippen LogP contribution < -0.4 is 10.0 Å². The molecule has 5 nitrogen and oxygen atoms in total. The number of sulfonamides is 1. The zero-order valence-corrected chi connectivity index (χ0v) is 17.0. The third kappa shape index (κ3) is 6.91. The molecule has 0 spiro atoms. The van der Waals surface area contributed by atoms with E-state index < -0.39 is 10.0 Å². The lowest BCUT2D eigenvalue weighted by molar-refractivity contribution is 0.0952. The molecule has 0 aliphatic carbocycles. The Hall–Kier alpha value is -0.920. The smallest absolute Gasteiger partial charge is 0.252 e. The van der Waals surface area contributed by atoms with Crippen LogP contribution in [0.25, 0.3) is 0 Å². The minimum absolute atomic E-state index is 0.0995. The summed E-state index contributed by atoms with van der Waals surface area (Å²) < 4.78 is 27.7. The van der Waals surface area contributed by atoms with Crippen LogP contribution in [0.3, 0.4) is 0 Å². The third-order valence-electron chi connectivity index (χ3n) is 3.49. The van der Waals surface area contributed by atoms with Crippen LogP contribution in [0.5, 0.6) is 0 Å². The summed E-state index contributed by atoms with van der Waals surface area (Å²) in [6.07, 6.45) is 4.29. The molecule has 0 heterocycles. The molecule has 0 atom stereocenters. The van der Waals surface area contributed by atoms with Crippen molar-refractivity contribution in [2.75, 3.05) is 13.1 Å². The Morgan fingerprint density at radius 1 is 1.21 bits per heavy atom. The van der Waals surface area contributed by atoms with Crippen molar-refractivity contribution in [1.82, 2.24) is 10.0 Å². The van der Waals surface area contributed by atoms with Crippen molar-refractivity contribution in [3.63, 3.8) is 0 Å². The van der Waals surface area contributed by atoms with Gasteiger partial charge in [0.25, 0.3) is 5.91 Å². The standard InChI is InChI=1S/C17H27BrN2O3S/c1-4-5-6-7-10-19-17(21)15-11-14(8-9-16(15)18)24(22,23)20-12-13(2)3/h8-9,11,13,20H,4-7,10,12H2,1-3H3,(H,19,21). The number of nitrogens with one attached hydrogen (secondary N) is 2. The molecule has 2 N–H and O–H groups in total. The van der Waals surface area contributed by atoms with Gasteiger partial charge in [-0.1, -0.05) is 40.0 Å². The summed E-state index contributed by atoms with van der Waals surface area (Å²) in [4.78, 5) is 12.4. The zero-order valence-electron chi connectivity index (χ0n) is 14.6. The van der Waals surface area contributed by atoms with E-state index >= 15 is 0 Å². The average molecular weight is 419 g/mol. The number of hydrogen-bond acceptors (Lipinski definition) is 3. The predicted molar refractivity (Wildman–Crippen MR) is 101 cm³/mol. The highest BCUT2D eigenvalue weighted by Gasteiger charge is 2.18. The second-order valence-electron chi connectivity index (χ2n) is 6.20. The van der Waals surface area contributed by atoms with Crippen LogP contribution in [-0.4, -0.2) is 27.4 Å². The molecule has 0 aliphatic rings. The zero-order chi connectivity index (χ0) is 18.2. The first-order valence-corrected chi connectivity index (χ1v) is 10.6. The van der Waals surface area contributed by atoms with Gasteiger partial charge in [-0.3, -0.25) is 4.79 Å². The second-order valence-corrected chi connectivity index (χ2v) is 8.83. The fourth-order valence-corrected chi connectivity index (χ4v) is 3.72. The molecule has 0 aromatic heterocycles. The Labute approximate surface area is 153 Å². The van der Waals surface area contributed by atoms with E-state index in [-0.39, 0.29) is 16.7 Å². The molecule has 1 aromatic carbocycles. The molecule has 7 heteroatoms. The highest BCUT2D eigenvalue weighted by atomic mass is 79.9. The van der Waals surface area contributed by atoms with Gasteiger partial charge in [-0.2, -0.15) is 0 Å². The number of hydrogen-bond donors (Lipinski definition) is 2. The first-order valence-electron chi connectivity index (χ1n) is 8.35. The van der Waals surface area contributed by atoms with Gasteiger partial charge < -0.3 is 5.32 Å². The average Bonchev–Trinajstić information content (AvgIpc) is 2.53. The quantitative estimate of drug-likeness (QED) is 0.568. The van der Waals surface area contributed by atoms with Crippen LogP contribution in [0.1, 0.15) is 56.8 Å². The molecule has 0 unspecified atom stereocenters. The van der Waals surface area contributed by atoms with Crippen LogP contribution in [-0.2, 0) is 10.0 Å². The van der Waals surface area contributed by atoms with Gasteiger partial charge >= 0.3 is 0 Å². The Kier molecular flexibility index (Phi) is 8.94. The summed E-state index contributed by atoms with van der Waals surface area (Å²) in [6, 6.07) is 4.49. The fourth-order valence-electron chi connectivity index (χ4n) is 2.05. The highest BCUT2D eigenvalue weighted by Crippen LogP contribution is 2.21. The molecule has 24 heavy (non-hydrogen) atoms. The topological polar surface area (TPSA) is 75.3 Å². The summed E-state index contributed by atoms with van der Waals surface area (Å²) in [5, 5.41) is 2.84. The minimum Gasteiger partial charge on any atom is -0.352 e. The molecular formula is C17H27BrN2O3S. The van der Waals surface area contributed by atoms with Crippen LogP contribution >= 0.6 is 15.9 Å². The molecule has 136 valence electrons. The van der Waals surface area contributed by atoms with Crippen molar-refractivity contribution in [2.45, 2.75) is 51.3 Å². The Balaban J connectivity index is 2.80. The SMILES string of the molecule is CCCCCCNC(=O)c1cc(S(=O)(=O)NCC(C)C)ccc1Br. The Bertz CT molecular complexity index is 645. The van der Waals surface area contributed by atoms with E-state index in [0.29, 0.717) is 23.1 Å². The molecule has 1 rings (SSSR count). The molecule has 0 saturated carbocycles. The van der Waals surface area contributed by atoms with Gasteiger partial charge in [-0.25, -0.2) is 13.1 Å². The van der Waals surface area contributed by atoms with Crippen molar-refractivity contribution in [3.8, 4) is 0 Å². The van der Waals surface area contributed by atoms with E-state index in [2.05, 4.69) is 32.9 Å². The van der Waals surface area contributed by atoms with E-state index in [0.717, 1.165) is 25.7 Å². The largest absolute Gasteiger partial charge is 0.352 e. The van der Waals surface area contributed by atoms with Gasteiger partial charge in [-0.05, 0) is 46.5 Å². The van der Waals surface area contributed by atoms with E-state index in [4.69, 9.17) is 0 Å². The first kappa shape index (κ1) is 21.1. The molecule has 0 saturated heterocycles. The lowest BCUT2D eigenvalue weighted by atomic mass is 10.2. The first-order chi connectivity index (χ1) is 11.3. The normalized spacial score (nSPS) is 11.7. The van der Waals surface area contributed by atoms with Gasteiger partial charge in [0.15, 0.2) is 0 Å². The van der Waals surface area contributed by atoms with Gasteiger partial charge in [0, 0.05) is 17.6 Å². The van der Waals surface area contributed by atoms with E-state index in [1.165, 1.54) is 12.1 Å². The molecule has 0 fully saturated rings. The minimum atomic E-state index is -3.61. The van der Waals surface area contributed by atoms with Gasteiger partial charge in [0.05, 0.1) is 10.5 Å². The molecule has 0 bridgehead atoms. The predicted octanol–water partition coefficient (Wildman–Crippen LogP) is 3.69. The van der Waals surface area contributed by atoms with Crippen LogP contribution in [0.4, 0.5) is 0 Å². The Morgan fingerprint density at radius 3 is 2.54 bits per heavy atom. The Morgan fingerprint density at radius 2 is 1.92 bits per heavy atom. The fraction of sp³-hybridized carbons (Fsp3) is 0.588. The highest BCUT2D eigenvalue weighted by molar-refractivity contribution is 9.10. The summed E-state index contributed by atoms with van der Waals surface area (Å²) >= 11 is 3.32. The number of amides is 1.